The SMILES string of the molecule is Cc1ccc(OC(F)F)c(Cn2c3cc(-c4cnn5c([C@H](C)O)cnc5c4)ccc3c(=O)n2C)c1. The number of nitrogens with zero attached hydrogens (tertiary/aromatic N) is 5. The van der Waals surface area contributed by atoms with Gasteiger partial charge in [0.15, 0.2) is 5.65 Å². The van der Waals surface area contributed by atoms with Crippen molar-refractivity contribution in [3.05, 3.63) is 82.0 Å². The average molecular weight is 479 g/mol. The highest BCUT2D eigenvalue weighted by Crippen LogP contribution is 2.27. The molecule has 10 heteroatoms. The van der Waals surface area contributed by atoms with Gasteiger partial charge in [-0.25, -0.2) is 9.50 Å². The fourth-order valence-corrected chi connectivity index (χ4v) is 4.28. The predicted octanol–water partition coefficient (Wildman–Crippen LogP) is 4.06. The lowest BCUT2D eigenvalue weighted by Gasteiger charge is -2.15. The minimum absolute atomic E-state index is 0.0685. The molecule has 180 valence electrons. The van der Waals surface area contributed by atoms with Crippen LogP contribution in [0.4, 0.5) is 8.78 Å². The van der Waals surface area contributed by atoms with Crippen LogP contribution < -0.4 is 10.3 Å². The smallest absolute Gasteiger partial charge is 0.387 e. The average Bonchev–Trinajstić information content (AvgIpc) is 3.35. The zero-order valence-corrected chi connectivity index (χ0v) is 19.3. The summed E-state index contributed by atoms with van der Waals surface area (Å²) in [6.07, 6.45) is 2.54. The van der Waals surface area contributed by atoms with E-state index < -0.39 is 12.7 Å². The molecule has 0 unspecified atom stereocenters. The molecule has 0 amide bonds. The third kappa shape index (κ3) is 4.06. The third-order valence-electron chi connectivity index (χ3n) is 6.06. The van der Waals surface area contributed by atoms with Crippen LogP contribution >= 0.6 is 0 Å². The van der Waals surface area contributed by atoms with Gasteiger partial charge in [0.2, 0.25) is 0 Å². The molecule has 0 aliphatic carbocycles. The topological polar surface area (TPSA) is 86.6 Å². The van der Waals surface area contributed by atoms with Gasteiger partial charge >= 0.3 is 6.61 Å². The maximum absolute atomic E-state index is 13.0. The van der Waals surface area contributed by atoms with Crippen molar-refractivity contribution in [2.75, 3.05) is 0 Å². The Morgan fingerprint density at radius 1 is 1.09 bits per heavy atom. The minimum atomic E-state index is -2.95. The highest BCUT2D eigenvalue weighted by Gasteiger charge is 2.17. The van der Waals surface area contributed by atoms with E-state index in [1.165, 1.54) is 10.7 Å². The molecule has 3 aromatic heterocycles. The molecule has 2 aromatic carbocycles. The number of aryl methyl sites for hydroxylation is 1. The molecule has 0 radical (unpaired) electrons. The van der Waals surface area contributed by atoms with Gasteiger partial charge in [-0.3, -0.25) is 14.2 Å². The first-order valence-electron chi connectivity index (χ1n) is 11.0. The van der Waals surface area contributed by atoms with Crippen LogP contribution in [0.5, 0.6) is 5.75 Å². The molecule has 0 spiro atoms. The van der Waals surface area contributed by atoms with E-state index in [1.807, 2.05) is 25.1 Å². The Kier molecular flexibility index (Phi) is 5.60. The molecule has 3 heterocycles. The quantitative estimate of drug-likeness (QED) is 0.397. The van der Waals surface area contributed by atoms with Gasteiger partial charge < -0.3 is 9.84 Å². The van der Waals surface area contributed by atoms with Crippen LogP contribution in [0.3, 0.4) is 0 Å². The fourth-order valence-electron chi connectivity index (χ4n) is 4.28. The van der Waals surface area contributed by atoms with Crippen molar-refractivity contribution in [3.63, 3.8) is 0 Å². The molecule has 5 rings (SSSR count). The molecule has 35 heavy (non-hydrogen) atoms. The van der Waals surface area contributed by atoms with Crippen molar-refractivity contribution in [2.24, 2.45) is 7.05 Å². The number of hydrogen-bond donors (Lipinski definition) is 1. The lowest BCUT2D eigenvalue weighted by Crippen LogP contribution is -2.20. The van der Waals surface area contributed by atoms with E-state index in [0.29, 0.717) is 27.8 Å². The van der Waals surface area contributed by atoms with Crippen LogP contribution in [-0.2, 0) is 13.6 Å². The number of fused-ring (bicyclic) bond motifs is 2. The number of halogens is 2. The van der Waals surface area contributed by atoms with Crippen molar-refractivity contribution >= 4 is 16.6 Å². The van der Waals surface area contributed by atoms with Crippen LogP contribution in [0.2, 0.25) is 0 Å². The van der Waals surface area contributed by atoms with E-state index in [-0.39, 0.29) is 17.9 Å². The van der Waals surface area contributed by atoms with Crippen LogP contribution in [0.1, 0.15) is 29.8 Å². The second-order valence-corrected chi connectivity index (χ2v) is 8.48. The van der Waals surface area contributed by atoms with Crippen molar-refractivity contribution in [2.45, 2.75) is 33.1 Å². The number of rotatable bonds is 6. The largest absolute Gasteiger partial charge is 0.434 e. The predicted molar refractivity (Wildman–Crippen MR) is 127 cm³/mol. The maximum atomic E-state index is 13.0. The van der Waals surface area contributed by atoms with Gasteiger partial charge in [0.05, 0.1) is 41.6 Å². The lowest BCUT2D eigenvalue weighted by molar-refractivity contribution is -0.0505. The molecule has 8 nitrogen and oxygen atoms in total. The molecule has 1 atom stereocenters. The first-order valence-corrected chi connectivity index (χ1v) is 11.0. The van der Waals surface area contributed by atoms with Crippen molar-refractivity contribution in [3.8, 4) is 16.9 Å². The number of imidazole rings is 1. The van der Waals surface area contributed by atoms with Crippen LogP contribution in [-0.4, -0.2) is 35.7 Å². The monoisotopic (exact) mass is 479 g/mol. The van der Waals surface area contributed by atoms with Crippen LogP contribution in [0.15, 0.2) is 59.7 Å². The Hall–Kier alpha value is -4.05. The summed E-state index contributed by atoms with van der Waals surface area (Å²) in [5, 5.41) is 14.8. The van der Waals surface area contributed by atoms with Crippen LogP contribution in [0.25, 0.3) is 27.7 Å². The lowest BCUT2D eigenvalue weighted by atomic mass is 10.1. The highest BCUT2D eigenvalue weighted by molar-refractivity contribution is 5.85. The molecular weight excluding hydrogens is 456 g/mol. The summed E-state index contributed by atoms with van der Waals surface area (Å²) in [6.45, 7) is 0.723. The standard InChI is InChI=1S/C25H23F2N5O3/c1-14-4-7-22(35-25(26)27)18(8-14)13-31-20-9-16(5-6-19(20)24(34)30(31)3)17-10-23-28-12-21(15(2)33)32(23)29-11-17/h4-12,15,25,33H,13H2,1-3H3/t15-/m0/s1. The van der Waals surface area contributed by atoms with Gasteiger partial charge in [0.1, 0.15) is 5.75 Å². The number of alkyl halides is 2. The Bertz CT molecular complexity index is 1620. The van der Waals surface area contributed by atoms with E-state index in [1.54, 1.807) is 53.8 Å². The molecule has 0 bridgehead atoms. The van der Waals surface area contributed by atoms with Crippen molar-refractivity contribution in [1.29, 1.82) is 0 Å². The van der Waals surface area contributed by atoms with Gasteiger partial charge in [-0.15, -0.1) is 0 Å². The van der Waals surface area contributed by atoms with Gasteiger partial charge in [-0.05, 0) is 43.7 Å². The first-order chi connectivity index (χ1) is 16.7. The Morgan fingerprint density at radius 2 is 1.89 bits per heavy atom. The summed E-state index contributed by atoms with van der Waals surface area (Å²) in [6, 6.07) is 12.3. The zero-order chi connectivity index (χ0) is 24.9. The van der Waals surface area contributed by atoms with E-state index >= 15 is 0 Å². The van der Waals surface area contributed by atoms with Crippen molar-refractivity contribution < 1.29 is 18.6 Å². The van der Waals surface area contributed by atoms with Gasteiger partial charge in [-0.1, -0.05) is 23.8 Å². The Balaban J connectivity index is 1.61. The van der Waals surface area contributed by atoms with E-state index in [2.05, 4.69) is 10.1 Å². The number of benzene rings is 2. The number of ether oxygens (including phenoxy) is 1. The van der Waals surface area contributed by atoms with Gasteiger partial charge in [0, 0.05) is 18.2 Å². The molecular formula is C25H23F2N5O3. The number of aromatic nitrogens is 5. The van der Waals surface area contributed by atoms with E-state index in [0.717, 1.165) is 16.7 Å². The first kappa shape index (κ1) is 22.7. The number of hydrogen-bond acceptors (Lipinski definition) is 5. The zero-order valence-electron chi connectivity index (χ0n) is 19.3. The molecule has 0 fully saturated rings. The second kappa shape index (κ2) is 8.62. The Labute approximate surface area is 198 Å². The van der Waals surface area contributed by atoms with Crippen molar-refractivity contribution in [1.82, 2.24) is 24.0 Å². The Morgan fingerprint density at radius 3 is 2.63 bits per heavy atom. The molecule has 0 saturated heterocycles. The summed E-state index contributed by atoms with van der Waals surface area (Å²) in [4.78, 5) is 17.2. The van der Waals surface area contributed by atoms with Gasteiger partial charge in [-0.2, -0.15) is 13.9 Å². The number of aliphatic hydroxyl groups is 1. The summed E-state index contributed by atoms with van der Waals surface area (Å²) in [5.41, 5.74) is 4.63. The molecule has 0 saturated carbocycles. The molecule has 0 aliphatic rings. The normalized spacial score (nSPS) is 12.7. The molecule has 0 aliphatic heterocycles. The maximum Gasteiger partial charge on any atom is 0.387 e. The summed E-state index contributed by atoms with van der Waals surface area (Å²) in [7, 11) is 1.64. The number of aliphatic hydroxyl groups excluding tert-OH is 1. The third-order valence-corrected chi connectivity index (χ3v) is 6.06. The van der Waals surface area contributed by atoms with Crippen LogP contribution in [0, 0.1) is 6.92 Å². The molecule has 5 aromatic rings. The van der Waals surface area contributed by atoms with E-state index in [4.69, 9.17) is 4.74 Å². The summed E-state index contributed by atoms with van der Waals surface area (Å²) < 4.78 is 35.4. The fraction of sp³-hybridized carbons (Fsp3) is 0.240. The second-order valence-electron chi connectivity index (χ2n) is 8.48. The van der Waals surface area contributed by atoms with Gasteiger partial charge in [0.25, 0.3) is 5.56 Å². The van der Waals surface area contributed by atoms with E-state index in [9.17, 15) is 18.7 Å². The summed E-state index contributed by atoms with van der Waals surface area (Å²) in [5.74, 6) is 0.0685. The molecule has 1 N–H and O–H groups in total. The summed E-state index contributed by atoms with van der Waals surface area (Å²) >= 11 is 0. The highest BCUT2D eigenvalue weighted by atomic mass is 19.3. The minimum Gasteiger partial charge on any atom is -0.434 e.